The van der Waals surface area contributed by atoms with Crippen molar-refractivity contribution < 1.29 is 19.1 Å². The molecule has 1 rings (SSSR count). The van der Waals surface area contributed by atoms with Gasteiger partial charge in [-0.3, -0.25) is 14.4 Å². The maximum Gasteiger partial charge on any atom is 0.305 e. The maximum absolute atomic E-state index is 11.9. The number of hydrogen-bond donors (Lipinski definition) is 1. The zero-order chi connectivity index (χ0) is 15.0. The van der Waals surface area contributed by atoms with Crippen molar-refractivity contribution in [2.45, 2.75) is 39.5 Å². The van der Waals surface area contributed by atoms with Gasteiger partial charge in [0.15, 0.2) is 0 Å². The van der Waals surface area contributed by atoms with Gasteiger partial charge in [-0.15, -0.1) is 0 Å². The van der Waals surface area contributed by atoms with Gasteiger partial charge < -0.3 is 15.0 Å². The van der Waals surface area contributed by atoms with Crippen molar-refractivity contribution in [3.05, 3.63) is 0 Å². The van der Waals surface area contributed by atoms with Gasteiger partial charge in [0.2, 0.25) is 11.8 Å². The first-order chi connectivity index (χ1) is 9.54. The van der Waals surface area contributed by atoms with Crippen molar-refractivity contribution in [2.24, 2.45) is 5.92 Å². The van der Waals surface area contributed by atoms with Crippen LogP contribution in [0, 0.1) is 5.92 Å². The molecule has 0 spiro atoms. The molecular formula is C14H24N2O4. The van der Waals surface area contributed by atoms with Gasteiger partial charge in [0.25, 0.3) is 0 Å². The molecule has 1 heterocycles. The van der Waals surface area contributed by atoms with E-state index in [1.54, 1.807) is 18.7 Å². The average Bonchev–Trinajstić information content (AvgIpc) is 2.43. The zero-order valence-corrected chi connectivity index (χ0v) is 12.3. The summed E-state index contributed by atoms with van der Waals surface area (Å²) in [4.78, 5) is 36.0. The van der Waals surface area contributed by atoms with E-state index >= 15 is 0 Å². The third-order valence-electron chi connectivity index (χ3n) is 3.47. The minimum absolute atomic E-state index is 0.0202. The average molecular weight is 284 g/mol. The lowest BCUT2D eigenvalue weighted by molar-refractivity contribution is -0.143. The lowest BCUT2D eigenvalue weighted by Crippen LogP contribution is -2.42. The summed E-state index contributed by atoms with van der Waals surface area (Å²) in [5.41, 5.74) is 0. The van der Waals surface area contributed by atoms with Crippen LogP contribution in [-0.4, -0.2) is 48.9 Å². The molecule has 1 aliphatic heterocycles. The predicted octanol–water partition coefficient (Wildman–Crippen LogP) is 0.704. The first kappa shape index (κ1) is 16.5. The smallest absolute Gasteiger partial charge is 0.305 e. The van der Waals surface area contributed by atoms with Gasteiger partial charge in [0.05, 0.1) is 6.61 Å². The molecule has 0 aromatic heterocycles. The van der Waals surface area contributed by atoms with Crippen LogP contribution in [0.4, 0.5) is 0 Å². The molecule has 1 saturated heterocycles. The fourth-order valence-electron chi connectivity index (χ4n) is 2.28. The van der Waals surface area contributed by atoms with Crippen molar-refractivity contribution in [1.82, 2.24) is 10.2 Å². The standard InChI is InChI=1S/C14H24N2O4/c1-3-20-13(18)5-4-8-15-14(19)12-6-9-16(10-7-12)11(2)17/h12H,3-10H2,1-2H3,(H,15,19). The van der Waals surface area contributed by atoms with E-state index in [4.69, 9.17) is 4.74 Å². The van der Waals surface area contributed by atoms with Crippen LogP contribution >= 0.6 is 0 Å². The summed E-state index contributed by atoms with van der Waals surface area (Å²) in [5, 5.41) is 2.84. The summed E-state index contributed by atoms with van der Waals surface area (Å²) in [7, 11) is 0. The minimum Gasteiger partial charge on any atom is -0.466 e. The van der Waals surface area contributed by atoms with E-state index in [1.807, 2.05) is 0 Å². The first-order valence-corrected chi connectivity index (χ1v) is 7.23. The summed E-state index contributed by atoms with van der Waals surface area (Å²) >= 11 is 0. The van der Waals surface area contributed by atoms with E-state index in [2.05, 4.69) is 5.32 Å². The van der Waals surface area contributed by atoms with Crippen molar-refractivity contribution in [3.8, 4) is 0 Å². The monoisotopic (exact) mass is 284 g/mol. The van der Waals surface area contributed by atoms with E-state index in [9.17, 15) is 14.4 Å². The quantitative estimate of drug-likeness (QED) is 0.575. The molecule has 6 heteroatoms. The van der Waals surface area contributed by atoms with Crippen molar-refractivity contribution in [2.75, 3.05) is 26.2 Å². The van der Waals surface area contributed by atoms with Gasteiger partial charge in [-0.2, -0.15) is 0 Å². The summed E-state index contributed by atoms with van der Waals surface area (Å²) < 4.78 is 4.81. The number of hydrogen-bond acceptors (Lipinski definition) is 4. The number of nitrogens with one attached hydrogen (secondary N) is 1. The Morgan fingerprint density at radius 3 is 2.45 bits per heavy atom. The van der Waals surface area contributed by atoms with Gasteiger partial charge in [-0.1, -0.05) is 0 Å². The van der Waals surface area contributed by atoms with Crippen LogP contribution in [-0.2, 0) is 19.1 Å². The van der Waals surface area contributed by atoms with Gasteiger partial charge in [-0.25, -0.2) is 0 Å². The normalized spacial score (nSPS) is 15.8. The van der Waals surface area contributed by atoms with Crippen LogP contribution in [0.5, 0.6) is 0 Å². The SMILES string of the molecule is CCOC(=O)CCCNC(=O)C1CCN(C(C)=O)CC1. The molecule has 2 amide bonds. The Kier molecular flexibility index (Phi) is 7.04. The summed E-state index contributed by atoms with van der Waals surface area (Å²) in [6.45, 7) is 5.50. The number of piperidine rings is 1. The molecule has 0 aliphatic carbocycles. The maximum atomic E-state index is 11.9. The van der Waals surface area contributed by atoms with Crippen LogP contribution in [0.2, 0.25) is 0 Å². The number of amides is 2. The second kappa shape index (κ2) is 8.55. The molecule has 0 saturated carbocycles. The number of esters is 1. The molecular weight excluding hydrogens is 260 g/mol. The number of likely N-dealkylation sites (tertiary alicyclic amines) is 1. The molecule has 1 N–H and O–H groups in total. The second-order valence-corrected chi connectivity index (χ2v) is 4.98. The number of carbonyl (C=O) groups is 3. The first-order valence-electron chi connectivity index (χ1n) is 7.23. The summed E-state index contributed by atoms with van der Waals surface area (Å²) in [6, 6.07) is 0. The number of rotatable bonds is 6. The zero-order valence-electron chi connectivity index (χ0n) is 12.3. The van der Waals surface area contributed by atoms with Crippen LogP contribution in [0.1, 0.15) is 39.5 Å². The van der Waals surface area contributed by atoms with Gasteiger partial charge >= 0.3 is 5.97 Å². The van der Waals surface area contributed by atoms with Crippen LogP contribution in [0.15, 0.2) is 0 Å². The van der Waals surface area contributed by atoms with Crippen LogP contribution in [0.3, 0.4) is 0 Å². The fraction of sp³-hybridized carbons (Fsp3) is 0.786. The molecule has 0 aromatic carbocycles. The Hall–Kier alpha value is -1.59. The Morgan fingerprint density at radius 2 is 1.90 bits per heavy atom. The Labute approximate surface area is 119 Å². The Morgan fingerprint density at radius 1 is 1.25 bits per heavy atom. The third kappa shape index (κ3) is 5.59. The molecule has 0 radical (unpaired) electrons. The number of ether oxygens (including phenoxy) is 1. The second-order valence-electron chi connectivity index (χ2n) is 4.98. The third-order valence-corrected chi connectivity index (χ3v) is 3.47. The highest BCUT2D eigenvalue weighted by Crippen LogP contribution is 2.17. The molecule has 0 unspecified atom stereocenters. The van der Waals surface area contributed by atoms with E-state index in [0.717, 1.165) is 0 Å². The van der Waals surface area contributed by atoms with Gasteiger partial charge in [0, 0.05) is 38.9 Å². The summed E-state index contributed by atoms with van der Waals surface area (Å²) in [6.07, 6.45) is 2.35. The van der Waals surface area contributed by atoms with Crippen molar-refractivity contribution >= 4 is 17.8 Å². The molecule has 1 fully saturated rings. The van der Waals surface area contributed by atoms with Crippen molar-refractivity contribution in [1.29, 1.82) is 0 Å². The highest BCUT2D eigenvalue weighted by Gasteiger charge is 2.25. The number of carbonyl (C=O) groups excluding carboxylic acids is 3. The lowest BCUT2D eigenvalue weighted by Gasteiger charge is -2.30. The van der Waals surface area contributed by atoms with E-state index < -0.39 is 0 Å². The molecule has 1 aliphatic rings. The molecule has 114 valence electrons. The summed E-state index contributed by atoms with van der Waals surface area (Å²) in [5.74, 6) is -0.153. The van der Waals surface area contributed by atoms with Crippen LogP contribution in [0.25, 0.3) is 0 Å². The molecule has 0 aromatic rings. The molecule has 0 bridgehead atoms. The highest BCUT2D eigenvalue weighted by molar-refractivity contribution is 5.79. The molecule has 20 heavy (non-hydrogen) atoms. The van der Waals surface area contributed by atoms with Crippen LogP contribution < -0.4 is 5.32 Å². The predicted molar refractivity (Wildman–Crippen MR) is 73.9 cm³/mol. The van der Waals surface area contributed by atoms with Crippen molar-refractivity contribution in [3.63, 3.8) is 0 Å². The van der Waals surface area contributed by atoms with Gasteiger partial charge in [0.1, 0.15) is 0 Å². The Balaban J connectivity index is 2.15. The lowest BCUT2D eigenvalue weighted by atomic mass is 9.96. The minimum atomic E-state index is -0.225. The fourth-order valence-corrected chi connectivity index (χ4v) is 2.28. The Bertz CT molecular complexity index is 349. The van der Waals surface area contributed by atoms with E-state index in [1.165, 1.54) is 0 Å². The van der Waals surface area contributed by atoms with Gasteiger partial charge in [-0.05, 0) is 26.2 Å². The highest BCUT2D eigenvalue weighted by atomic mass is 16.5. The number of nitrogens with zero attached hydrogens (tertiary/aromatic N) is 1. The van der Waals surface area contributed by atoms with E-state index in [-0.39, 0.29) is 23.7 Å². The van der Waals surface area contributed by atoms with E-state index in [0.29, 0.717) is 51.9 Å². The topological polar surface area (TPSA) is 75.7 Å². The largest absolute Gasteiger partial charge is 0.466 e. The molecule has 0 atom stereocenters. The molecule has 6 nitrogen and oxygen atoms in total.